The topological polar surface area (TPSA) is 55.3 Å². The largest absolute Gasteiger partial charge is 0.467 e. The van der Waals surface area contributed by atoms with E-state index in [1.807, 2.05) is 28.6 Å². The smallest absolute Gasteiger partial charge is 0.274 e. The van der Waals surface area contributed by atoms with Crippen LogP contribution in [0.4, 0.5) is 0 Å². The monoisotopic (exact) mass is 423 g/mol. The first kappa shape index (κ1) is 18.5. The zero-order chi connectivity index (χ0) is 20.0. The van der Waals surface area contributed by atoms with Gasteiger partial charge in [0.2, 0.25) is 0 Å². The highest BCUT2D eigenvalue weighted by Crippen LogP contribution is 2.33. The van der Waals surface area contributed by atoms with Crippen LogP contribution in [0.3, 0.4) is 0 Å². The molecule has 2 aromatic carbocycles. The third-order valence-electron chi connectivity index (χ3n) is 5.50. The van der Waals surface area contributed by atoms with Crippen LogP contribution >= 0.6 is 22.7 Å². The molecule has 5 rings (SSSR count). The fourth-order valence-electron chi connectivity index (χ4n) is 3.78. The minimum Gasteiger partial charge on any atom is -0.467 e. The summed E-state index contributed by atoms with van der Waals surface area (Å²) in [6.07, 6.45) is 1.74. The van der Waals surface area contributed by atoms with Gasteiger partial charge in [-0.3, -0.25) is 4.79 Å². The molecular weight excluding hydrogens is 402 g/mol. The van der Waals surface area contributed by atoms with E-state index in [1.54, 1.807) is 22.7 Å². The molecule has 0 radical (unpaired) electrons. The van der Waals surface area contributed by atoms with Crippen molar-refractivity contribution in [1.29, 1.82) is 0 Å². The molecule has 148 valence electrons. The molecule has 4 aromatic rings. The molecule has 1 amide bonds. The number of benzene rings is 2. The maximum absolute atomic E-state index is 12.9. The van der Waals surface area contributed by atoms with Crippen molar-refractivity contribution < 1.29 is 9.53 Å². The summed E-state index contributed by atoms with van der Waals surface area (Å²) in [6.45, 7) is 5.59. The Morgan fingerprint density at radius 3 is 2.72 bits per heavy atom. The molecule has 0 bridgehead atoms. The van der Waals surface area contributed by atoms with E-state index in [4.69, 9.17) is 9.72 Å². The summed E-state index contributed by atoms with van der Waals surface area (Å²) in [6, 6.07) is 9.98. The SMILES string of the molecule is Cc1ccc(C)c2sc(OC3CCN(C(=O)c4ccc5ncsc5c4)CC3)nc12. The van der Waals surface area contributed by atoms with Gasteiger partial charge in [0.25, 0.3) is 11.1 Å². The lowest BCUT2D eigenvalue weighted by Gasteiger charge is -2.31. The van der Waals surface area contributed by atoms with Crippen molar-refractivity contribution in [2.45, 2.75) is 32.8 Å². The van der Waals surface area contributed by atoms with E-state index < -0.39 is 0 Å². The minimum absolute atomic E-state index is 0.0880. The van der Waals surface area contributed by atoms with Crippen molar-refractivity contribution in [3.63, 3.8) is 0 Å². The molecule has 1 aliphatic heterocycles. The van der Waals surface area contributed by atoms with Crippen molar-refractivity contribution in [2.75, 3.05) is 13.1 Å². The van der Waals surface area contributed by atoms with Gasteiger partial charge >= 0.3 is 0 Å². The lowest BCUT2D eigenvalue weighted by molar-refractivity contribution is 0.0595. The fourth-order valence-corrected chi connectivity index (χ4v) is 5.52. The summed E-state index contributed by atoms with van der Waals surface area (Å²) in [5.74, 6) is 0.0880. The molecule has 2 aromatic heterocycles. The number of ether oxygens (including phenoxy) is 1. The molecule has 0 spiro atoms. The second-order valence-corrected chi connectivity index (χ2v) is 9.35. The summed E-state index contributed by atoms with van der Waals surface area (Å²) in [4.78, 5) is 23.8. The van der Waals surface area contributed by atoms with Gasteiger partial charge in [-0.1, -0.05) is 23.5 Å². The van der Waals surface area contributed by atoms with Crippen LogP contribution in [-0.4, -0.2) is 40.0 Å². The number of aryl methyl sites for hydroxylation is 2. The first-order valence-electron chi connectivity index (χ1n) is 9.74. The van der Waals surface area contributed by atoms with Gasteiger partial charge in [0, 0.05) is 31.5 Å². The van der Waals surface area contributed by atoms with E-state index in [-0.39, 0.29) is 12.0 Å². The molecule has 0 N–H and O–H groups in total. The van der Waals surface area contributed by atoms with E-state index in [2.05, 4.69) is 31.0 Å². The van der Waals surface area contributed by atoms with Gasteiger partial charge < -0.3 is 9.64 Å². The number of nitrogens with zero attached hydrogens (tertiary/aromatic N) is 3. The Bertz CT molecular complexity index is 1170. The number of aromatic nitrogens is 2. The molecule has 1 saturated heterocycles. The second kappa shape index (κ2) is 7.39. The van der Waals surface area contributed by atoms with Gasteiger partial charge in [-0.05, 0) is 43.2 Å². The van der Waals surface area contributed by atoms with Crippen molar-refractivity contribution in [3.8, 4) is 5.19 Å². The van der Waals surface area contributed by atoms with Crippen molar-refractivity contribution in [3.05, 3.63) is 52.5 Å². The molecule has 0 aliphatic carbocycles. The van der Waals surface area contributed by atoms with Crippen molar-refractivity contribution in [1.82, 2.24) is 14.9 Å². The number of thiazole rings is 2. The normalized spacial score (nSPS) is 15.3. The van der Waals surface area contributed by atoms with Crippen LogP contribution in [0.1, 0.15) is 34.3 Å². The van der Waals surface area contributed by atoms with Crippen LogP contribution in [-0.2, 0) is 0 Å². The van der Waals surface area contributed by atoms with Gasteiger partial charge in [-0.15, -0.1) is 11.3 Å². The number of fused-ring (bicyclic) bond motifs is 2. The van der Waals surface area contributed by atoms with Crippen LogP contribution < -0.4 is 4.74 Å². The number of carbonyl (C=O) groups is 1. The summed E-state index contributed by atoms with van der Waals surface area (Å²) in [7, 11) is 0. The Kier molecular flexibility index (Phi) is 4.72. The molecule has 7 heteroatoms. The molecule has 3 heterocycles. The Hall–Kier alpha value is -2.51. The third-order valence-corrected chi connectivity index (χ3v) is 7.37. The highest BCUT2D eigenvalue weighted by molar-refractivity contribution is 7.20. The molecule has 0 atom stereocenters. The van der Waals surface area contributed by atoms with Gasteiger partial charge in [-0.2, -0.15) is 0 Å². The van der Waals surface area contributed by atoms with Crippen molar-refractivity contribution in [2.24, 2.45) is 0 Å². The number of carbonyl (C=O) groups excluding carboxylic acids is 1. The minimum atomic E-state index is 0.0880. The average Bonchev–Trinajstić information content (AvgIpc) is 3.38. The molecule has 29 heavy (non-hydrogen) atoms. The predicted octanol–water partition coefficient (Wildman–Crippen LogP) is 5.21. The zero-order valence-corrected chi connectivity index (χ0v) is 18.0. The lowest BCUT2D eigenvalue weighted by atomic mass is 10.1. The first-order chi connectivity index (χ1) is 14.1. The van der Waals surface area contributed by atoms with Crippen LogP contribution in [0.2, 0.25) is 0 Å². The van der Waals surface area contributed by atoms with Gasteiger partial charge in [0.05, 0.1) is 25.9 Å². The molecule has 5 nitrogen and oxygen atoms in total. The third kappa shape index (κ3) is 3.49. The van der Waals surface area contributed by atoms with E-state index in [9.17, 15) is 4.79 Å². The standard InChI is InChI=1S/C22H21N3O2S2/c1-13-3-4-14(2)20-19(13)24-22(29-20)27-16-7-9-25(10-8-16)21(26)15-5-6-17-18(11-15)28-12-23-17/h3-6,11-12,16H,7-10H2,1-2H3. The van der Waals surface area contributed by atoms with Crippen LogP contribution in [0, 0.1) is 13.8 Å². The molecular formula is C22H21N3O2S2. The number of rotatable bonds is 3. The zero-order valence-electron chi connectivity index (χ0n) is 16.3. The van der Waals surface area contributed by atoms with Crippen LogP contribution in [0.25, 0.3) is 20.4 Å². The summed E-state index contributed by atoms with van der Waals surface area (Å²) in [5.41, 5.74) is 6.94. The number of hydrogen-bond acceptors (Lipinski definition) is 6. The lowest BCUT2D eigenvalue weighted by Crippen LogP contribution is -2.41. The Morgan fingerprint density at radius 1 is 1.14 bits per heavy atom. The molecule has 1 aliphatic rings. The molecule has 0 unspecified atom stereocenters. The molecule has 1 fully saturated rings. The highest BCUT2D eigenvalue weighted by Gasteiger charge is 2.26. The predicted molar refractivity (Wildman–Crippen MR) is 118 cm³/mol. The second-order valence-electron chi connectivity index (χ2n) is 7.50. The van der Waals surface area contributed by atoms with Crippen LogP contribution in [0.5, 0.6) is 5.19 Å². The average molecular weight is 424 g/mol. The van der Waals surface area contributed by atoms with E-state index in [0.717, 1.165) is 39.3 Å². The maximum atomic E-state index is 12.9. The van der Waals surface area contributed by atoms with E-state index >= 15 is 0 Å². The number of piperidine rings is 1. The number of likely N-dealkylation sites (tertiary alicyclic amines) is 1. The number of amides is 1. The summed E-state index contributed by atoms with van der Waals surface area (Å²) >= 11 is 3.18. The summed E-state index contributed by atoms with van der Waals surface area (Å²) < 4.78 is 8.45. The highest BCUT2D eigenvalue weighted by atomic mass is 32.1. The maximum Gasteiger partial charge on any atom is 0.274 e. The Balaban J connectivity index is 1.25. The van der Waals surface area contributed by atoms with E-state index in [1.165, 1.54) is 15.8 Å². The van der Waals surface area contributed by atoms with Gasteiger partial charge in [0.1, 0.15) is 6.10 Å². The summed E-state index contributed by atoms with van der Waals surface area (Å²) in [5, 5.41) is 0.734. The molecule has 0 saturated carbocycles. The van der Waals surface area contributed by atoms with Crippen LogP contribution in [0.15, 0.2) is 35.8 Å². The van der Waals surface area contributed by atoms with E-state index in [0.29, 0.717) is 13.1 Å². The fraction of sp³-hybridized carbons (Fsp3) is 0.318. The first-order valence-corrected chi connectivity index (χ1v) is 11.4. The number of hydrogen-bond donors (Lipinski definition) is 0. The Morgan fingerprint density at radius 2 is 1.93 bits per heavy atom. The Labute approximate surface area is 177 Å². The van der Waals surface area contributed by atoms with Gasteiger partial charge in [-0.25, -0.2) is 9.97 Å². The quantitative estimate of drug-likeness (QED) is 0.454. The van der Waals surface area contributed by atoms with Crippen molar-refractivity contribution >= 4 is 49.0 Å². The van der Waals surface area contributed by atoms with Gasteiger partial charge in [0.15, 0.2) is 0 Å².